The van der Waals surface area contributed by atoms with Crippen molar-refractivity contribution in [3.63, 3.8) is 0 Å². The van der Waals surface area contributed by atoms with Crippen LogP contribution >= 0.6 is 11.1 Å². The van der Waals surface area contributed by atoms with Crippen LogP contribution in [-0.2, 0) is 0 Å². The maximum absolute atomic E-state index is 6.65. The molecule has 19 heavy (non-hydrogen) atoms. The predicted octanol–water partition coefficient (Wildman–Crippen LogP) is 4.88. The highest BCUT2D eigenvalue weighted by atomic mass is 35.6. The second-order valence-corrected chi connectivity index (χ2v) is 12.5. The third-order valence-corrected chi connectivity index (χ3v) is 6.45. The van der Waals surface area contributed by atoms with Crippen molar-refractivity contribution >= 4 is 24.5 Å². The molecule has 1 heterocycles. The number of aromatic nitrogens is 1. The molecule has 0 N–H and O–H groups in total. The Bertz CT molecular complexity index is 649. The predicted molar refractivity (Wildman–Crippen MR) is 85.6 cm³/mol. The van der Waals surface area contributed by atoms with E-state index in [2.05, 4.69) is 73.4 Å². The summed E-state index contributed by atoms with van der Waals surface area (Å²) < 4.78 is 2.20. The van der Waals surface area contributed by atoms with Crippen LogP contribution in [0.4, 0.5) is 0 Å². The first kappa shape index (κ1) is 12.8. The first-order chi connectivity index (χ1) is 8.97. The topological polar surface area (TPSA) is 4.93 Å². The summed E-state index contributed by atoms with van der Waals surface area (Å²) in [7, 11) is -1.72. The molecule has 0 amide bonds. The Kier molecular flexibility index (Phi) is 2.95. The maximum Gasteiger partial charge on any atom is 0.161 e. The zero-order chi connectivity index (χ0) is 13.6. The van der Waals surface area contributed by atoms with E-state index in [9.17, 15) is 0 Å². The van der Waals surface area contributed by atoms with Crippen LogP contribution in [0.15, 0.2) is 42.7 Å². The van der Waals surface area contributed by atoms with Crippen molar-refractivity contribution < 1.29 is 0 Å². The average Bonchev–Trinajstić information content (AvgIpc) is 2.93. The summed E-state index contributed by atoms with van der Waals surface area (Å²) in [6, 6.07) is 8.67. The van der Waals surface area contributed by atoms with Gasteiger partial charge in [0.25, 0.3) is 0 Å². The van der Waals surface area contributed by atoms with Gasteiger partial charge in [0.1, 0.15) is 0 Å². The molecule has 3 heteroatoms. The van der Waals surface area contributed by atoms with Crippen LogP contribution < -0.4 is 0 Å². The normalized spacial score (nSPS) is 17.8. The van der Waals surface area contributed by atoms with E-state index in [4.69, 9.17) is 11.1 Å². The van der Waals surface area contributed by atoms with Gasteiger partial charge in [-0.3, -0.25) is 0 Å². The molecule has 0 saturated carbocycles. The number of benzene rings is 1. The number of rotatable bonds is 2. The lowest BCUT2D eigenvalue weighted by Crippen LogP contribution is -2.26. The highest BCUT2D eigenvalue weighted by Gasteiger charge is 2.33. The standard InChI is InChI=1S/C16H18ClNSi/c1-12-9-10-18(11-12)15-6-4-5-14-13(15)7-8-16(14)19(2,3)17/h4-11,16H,1-3H3. The monoisotopic (exact) mass is 287 g/mol. The zero-order valence-electron chi connectivity index (χ0n) is 11.5. The lowest BCUT2D eigenvalue weighted by atomic mass is 10.1. The molecule has 0 fully saturated rings. The van der Waals surface area contributed by atoms with Gasteiger partial charge in [-0.1, -0.05) is 37.4 Å². The number of hydrogen-bond acceptors (Lipinski definition) is 0. The number of halogens is 1. The fourth-order valence-electron chi connectivity index (χ4n) is 2.80. The highest BCUT2D eigenvalue weighted by molar-refractivity contribution is 7.20. The second-order valence-electron chi connectivity index (χ2n) is 5.78. The van der Waals surface area contributed by atoms with Gasteiger partial charge in [0.2, 0.25) is 0 Å². The van der Waals surface area contributed by atoms with Crippen LogP contribution in [0.1, 0.15) is 22.2 Å². The van der Waals surface area contributed by atoms with E-state index in [1.54, 1.807) is 0 Å². The van der Waals surface area contributed by atoms with E-state index >= 15 is 0 Å². The molecule has 1 aliphatic rings. The molecule has 1 aliphatic carbocycles. The van der Waals surface area contributed by atoms with Gasteiger partial charge in [-0.05, 0) is 30.2 Å². The van der Waals surface area contributed by atoms with Crippen LogP contribution in [0.3, 0.4) is 0 Å². The molecule has 1 aromatic carbocycles. The van der Waals surface area contributed by atoms with Gasteiger partial charge >= 0.3 is 0 Å². The Hall–Kier alpha value is -1.25. The van der Waals surface area contributed by atoms with E-state index in [0.29, 0.717) is 5.54 Å². The van der Waals surface area contributed by atoms with Gasteiger partial charge in [0.15, 0.2) is 7.38 Å². The first-order valence-electron chi connectivity index (χ1n) is 6.62. The molecule has 0 bridgehead atoms. The third-order valence-electron chi connectivity index (χ3n) is 3.77. The van der Waals surface area contributed by atoms with E-state index < -0.39 is 7.38 Å². The van der Waals surface area contributed by atoms with Gasteiger partial charge in [-0.25, -0.2) is 0 Å². The summed E-state index contributed by atoms with van der Waals surface area (Å²) in [5.41, 5.74) is 5.66. The molecular formula is C16H18ClNSi. The summed E-state index contributed by atoms with van der Waals surface area (Å²) in [5, 5.41) is 0. The van der Waals surface area contributed by atoms with Crippen LogP contribution in [0.2, 0.25) is 13.1 Å². The molecule has 1 unspecified atom stereocenters. The molecular weight excluding hydrogens is 270 g/mol. The van der Waals surface area contributed by atoms with Gasteiger partial charge in [0.05, 0.1) is 5.69 Å². The summed E-state index contributed by atoms with van der Waals surface area (Å²) in [6.07, 6.45) is 8.81. The second kappa shape index (κ2) is 4.39. The fourth-order valence-corrected chi connectivity index (χ4v) is 4.91. The van der Waals surface area contributed by atoms with Gasteiger partial charge in [0, 0.05) is 23.5 Å². The number of hydrogen-bond donors (Lipinski definition) is 0. The molecule has 1 atom stereocenters. The Labute approximate surface area is 120 Å². The van der Waals surface area contributed by atoms with E-state index in [1.807, 2.05) is 0 Å². The van der Waals surface area contributed by atoms with Crippen molar-refractivity contribution in [2.24, 2.45) is 0 Å². The van der Waals surface area contributed by atoms with E-state index in [-0.39, 0.29) is 0 Å². The smallest absolute Gasteiger partial charge is 0.161 e. The minimum absolute atomic E-state index is 0.417. The van der Waals surface area contributed by atoms with Crippen molar-refractivity contribution in [3.8, 4) is 5.69 Å². The van der Waals surface area contributed by atoms with Crippen LogP contribution in [-0.4, -0.2) is 12.0 Å². The lowest BCUT2D eigenvalue weighted by Gasteiger charge is -2.22. The van der Waals surface area contributed by atoms with Crippen LogP contribution in [0, 0.1) is 6.92 Å². The van der Waals surface area contributed by atoms with E-state index in [1.165, 1.54) is 22.4 Å². The highest BCUT2D eigenvalue weighted by Crippen LogP contribution is 2.40. The Morgan fingerprint density at radius 1 is 1.21 bits per heavy atom. The van der Waals surface area contributed by atoms with Crippen LogP contribution in [0.25, 0.3) is 11.8 Å². The average molecular weight is 288 g/mol. The van der Waals surface area contributed by atoms with Crippen molar-refractivity contribution in [2.75, 3.05) is 0 Å². The minimum atomic E-state index is -1.72. The molecule has 1 nitrogen and oxygen atoms in total. The molecule has 98 valence electrons. The molecule has 0 radical (unpaired) electrons. The quantitative estimate of drug-likeness (QED) is 0.548. The van der Waals surface area contributed by atoms with Crippen molar-refractivity contribution in [1.82, 2.24) is 4.57 Å². The SMILES string of the molecule is Cc1ccn(-c2cccc3c2C=CC3[Si](C)(C)Cl)c1. The molecule has 2 aromatic rings. The minimum Gasteiger partial charge on any atom is -0.323 e. The van der Waals surface area contributed by atoms with Gasteiger partial charge < -0.3 is 4.57 Å². The summed E-state index contributed by atoms with van der Waals surface area (Å²) >= 11 is 6.65. The summed E-state index contributed by atoms with van der Waals surface area (Å²) in [5.74, 6) is 0. The first-order valence-corrected chi connectivity index (χ1v) is 10.7. The number of nitrogens with zero attached hydrogens (tertiary/aromatic N) is 1. The zero-order valence-corrected chi connectivity index (χ0v) is 13.3. The third kappa shape index (κ3) is 2.19. The summed E-state index contributed by atoms with van der Waals surface area (Å²) in [6.45, 7) is 6.55. The maximum atomic E-state index is 6.65. The van der Waals surface area contributed by atoms with Crippen LogP contribution in [0.5, 0.6) is 0 Å². The summed E-state index contributed by atoms with van der Waals surface area (Å²) in [4.78, 5) is 0. The largest absolute Gasteiger partial charge is 0.323 e. The molecule has 0 aliphatic heterocycles. The Morgan fingerprint density at radius 3 is 2.63 bits per heavy atom. The molecule has 0 saturated heterocycles. The fraction of sp³-hybridized carbons (Fsp3) is 0.250. The van der Waals surface area contributed by atoms with E-state index in [0.717, 1.165) is 0 Å². The Morgan fingerprint density at radius 2 is 2.00 bits per heavy atom. The van der Waals surface area contributed by atoms with Crippen molar-refractivity contribution in [1.29, 1.82) is 0 Å². The molecule has 3 rings (SSSR count). The lowest BCUT2D eigenvalue weighted by molar-refractivity contribution is 1.06. The number of allylic oxidation sites excluding steroid dienone is 1. The number of aryl methyl sites for hydroxylation is 1. The van der Waals surface area contributed by atoms with Crippen molar-refractivity contribution in [2.45, 2.75) is 25.6 Å². The molecule has 0 spiro atoms. The Balaban J connectivity index is 2.12. The van der Waals surface area contributed by atoms with Gasteiger partial charge in [-0.2, -0.15) is 11.1 Å². The van der Waals surface area contributed by atoms with Gasteiger partial charge in [-0.15, -0.1) is 0 Å². The number of fused-ring (bicyclic) bond motifs is 1. The molecule has 1 aromatic heterocycles. The van der Waals surface area contributed by atoms with Crippen molar-refractivity contribution in [3.05, 3.63) is 59.4 Å².